The average molecular weight is 211 g/mol. The maximum Gasteiger partial charge on any atom is 0.312 e. The summed E-state index contributed by atoms with van der Waals surface area (Å²) in [6.45, 7) is 3.17. The van der Waals surface area contributed by atoms with Crippen LogP contribution in [0.2, 0.25) is 0 Å². The quantitative estimate of drug-likeness (QED) is 0.725. The molecule has 0 saturated heterocycles. The largest absolute Gasteiger partial charge is 0.466 e. The van der Waals surface area contributed by atoms with Crippen LogP contribution < -0.4 is 5.73 Å². The van der Waals surface area contributed by atoms with E-state index in [0.717, 1.165) is 45.1 Å². The van der Waals surface area contributed by atoms with Gasteiger partial charge in [-0.2, -0.15) is 0 Å². The van der Waals surface area contributed by atoms with Crippen LogP contribution in [0.15, 0.2) is 0 Å². The van der Waals surface area contributed by atoms with Gasteiger partial charge in [0.25, 0.3) is 0 Å². The van der Waals surface area contributed by atoms with Crippen LogP contribution in [0.4, 0.5) is 0 Å². The van der Waals surface area contributed by atoms with Gasteiger partial charge in [0.2, 0.25) is 0 Å². The minimum absolute atomic E-state index is 0.0373. The molecule has 0 atom stereocenters. The van der Waals surface area contributed by atoms with Gasteiger partial charge in [0.1, 0.15) is 0 Å². The van der Waals surface area contributed by atoms with Crippen molar-refractivity contribution in [1.29, 1.82) is 0 Å². The second kappa shape index (κ2) is 3.78. The van der Waals surface area contributed by atoms with Crippen LogP contribution in [-0.2, 0) is 9.53 Å². The Kier molecular flexibility index (Phi) is 2.75. The predicted molar refractivity (Wildman–Crippen MR) is 58.3 cm³/mol. The van der Waals surface area contributed by atoms with E-state index in [-0.39, 0.29) is 11.4 Å². The van der Waals surface area contributed by atoms with Crippen LogP contribution in [-0.4, -0.2) is 19.1 Å². The van der Waals surface area contributed by atoms with Crippen molar-refractivity contribution in [3.05, 3.63) is 0 Å². The van der Waals surface area contributed by atoms with Crippen molar-refractivity contribution in [2.45, 2.75) is 45.4 Å². The number of carbonyl (C=O) groups is 1. The number of carbonyl (C=O) groups excluding carboxylic acids is 1. The van der Waals surface area contributed by atoms with E-state index in [0.29, 0.717) is 12.0 Å². The minimum Gasteiger partial charge on any atom is -0.466 e. The number of ether oxygens (including phenoxy) is 1. The van der Waals surface area contributed by atoms with E-state index >= 15 is 0 Å². The van der Waals surface area contributed by atoms with E-state index in [2.05, 4.69) is 0 Å². The number of nitrogens with two attached hydrogens (primary N) is 1. The lowest BCUT2D eigenvalue weighted by molar-refractivity contribution is -0.165. The van der Waals surface area contributed by atoms with E-state index in [1.54, 1.807) is 0 Å². The fourth-order valence-electron chi connectivity index (χ4n) is 3.16. The van der Waals surface area contributed by atoms with E-state index in [1.165, 1.54) is 0 Å². The van der Waals surface area contributed by atoms with E-state index in [4.69, 9.17) is 10.5 Å². The fourth-order valence-corrected chi connectivity index (χ4v) is 3.16. The highest BCUT2D eigenvalue weighted by Crippen LogP contribution is 2.56. The predicted octanol–water partition coefficient (Wildman–Crippen LogP) is 1.85. The Bertz CT molecular complexity index is 238. The van der Waals surface area contributed by atoms with Crippen molar-refractivity contribution in [3.63, 3.8) is 0 Å². The molecule has 2 bridgehead atoms. The zero-order valence-electron chi connectivity index (χ0n) is 9.55. The fraction of sp³-hybridized carbons (Fsp3) is 0.917. The summed E-state index contributed by atoms with van der Waals surface area (Å²) in [7, 11) is 0. The summed E-state index contributed by atoms with van der Waals surface area (Å²) in [5, 5.41) is 0. The van der Waals surface area contributed by atoms with Crippen molar-refractivity contribution in [1.82, 2.24) is 0 Å². The molecule has 0 aliphatic heterocycles. The molecule has 3 rings (SSSR count). The van der Waals surface area contributed by atoms with Crippen LogP contribution in [0, 0.1) is 10.8 Å². The highest BCUT2D eigenvalue weighted by Gasteiger charge is 2.52. The summed E-state index contributed by atoms with van der Waals surface area (Å²) < 4.78 is 5.20. The molecule has 3 aliphatic carbocycles. The maximum absolute atomic E-state index is 11.9. The van der Waals surface area contributed by atoms with Gasteiger partial charge in [0.05, 0.1) is 12.0 Å². The molecule has 0 spiro atoms. The SMILES string of the molecule is CCOC(=O)C12CCC(CN)(CC1)CC2. The zero-order valence-corrected chi connectivity index (χ0v) is 9.55. The van der Waals surface area contributed by atoms with Gasteiger partial charge in [0.15, 0.2) is 0 Å². The number of hydrogen-bond donors (Lipinski definition) is 1. The molecule has 3 heteroatoms. The highest BCUT2D eigenvalue weighted by atomic mass is 16.5. The van der Waals surface area contributed by atoms with Gasteiger partial charge < -0.3 is 10.5 Å². The molecule has 0 heterocycles. The second-order valence-corrected chi connectivity index (χ2v) is 5.20. The lowest BCUT2D eigenvalue weighted by Gasteiger charge is -2.51. The lowest BCUT2D eigenvalue weighted by Crippen LogP contribution is -2.49. The smallest absolute Gasteiger partial charge is 0.312 e. The molecule has 3 saturated carbocycles. The number of fused-ring (bicyclic) bond motifs is 3. The molecule has 0 aromatic carbocycles. The van der Waals surface area contributed by atoms with Crippen molar-refractivity contribution in [2.75, 3.05) is 13.2 Å². The molecule has 3 nitrogen and oxygen atoms in total. The molecule has 2 N–H and O–H groups in total. The highest BCUT2D eigenvalue weighted by molar-refractivity contribution is 5.77. The van der Waals surface area contributed by atoms with Crippen molar-refractivity contribution in [3.8, 4) is 0 Å². The van der Waals surface area contributed by atoms with Crippen LogP contribution in [0.1, 0.15) is 45.4 Å². The van der Waals surface area contributed by atoms with Gasteiger partial charge in [-0.25, -0.2) is 0 Å². The van der Waals surface area contributed by atoms with E-state index in [9.17, 15) is 4.79 Å². The molecule has 0 amide bonds. The van der Waals surface area contributed by atoms with Crippen LogP contribution >= 0.6 is 0 Å². The Hall–Kier alpha value is -0.570. The summed E-state index contributed by atoms with van der Waals surface area (Å²) in [5.74, 6) is 0.0373. The first-order valence-electron chi connectivity index (χ1n) is 6.04. The third kappa shape index (κ3) is 1.67. The van der Waals surface area contributed by atoms with Gasteiger partial charge in [-0.1, -0.05) is 0 Å². The Balaban J connectivity index is 2.06. The Morgan fingerprint density at radius 1 is 1.20 bits per heavy atom. The summed E-state index contributed by atoms with van der Waals surface area (Å²) >= 11 is 0. The number of hydrogen-bond acceptors (Lipinski definition) is 3. The summed E-state index contributed by atoms with van der Waals surface area (Å²) in [6.07, 6.45) is 6.31. The standard InChI is InChI=1S/C12H21NO2/c1-2-15-10(14)12-6-3-11(9-13,4-7-12)5-8-12/h2-9,13H2,1H3. The summed E-state index contributed by atoms with van der Waals surface area (Å²) in [4.78, 5) is 11.9. The maximum atomic E-state index is 11.9. The Morgan fingerprint density at radius 2 is 1.73 bits per heavy atom. The Morgan fingerprint density at radius 3 is 2.13 bits per heavy atom. The average Bonchev–Trinajstić information content (AvgIpc) is 2.32. The number of esters is 1. The molecule has 86 valence electrons. The van der Waals surface area contributed by atoms with Gasteiger partial charge in [-0.3, -0.25) is 4.79 Å². The summed E-state index contributed by atoms with van der Waals surface area (Å²) in [6, 6.07) is 0. The third-order valence-corrected chi connectivity index (χ3v) is 4.54. The normalized spacial score (nSPS) is 39.1. The van der Waals surface area contributed by atoms with Gasteiger partial charge >= 0.3 is 5.97 Å². The first-order valence-corrected chi connectivity index (χ1v) is 6.04. The first kappa shape index (κ1) is 10.9. The molecule has 3 fully saturated rings. The molecule has 0 unspecified atom stereocenters. The summed E-state index contributed by atoms with van der Waals surface area (Å²) in [5.41, 5.74) is 6.04. The molecule has 3 aliphatic rings. The molecule has 15 heavy (non-hydrogen) atoms. The van der Waals surface area contributed by atoms with Crippen LogP contribution in [0.3, 0.4) is 0 Å². The monoisotopic (exact) mass is 211 g/mol. The van der Waals surface area contributed by atoms with E-state index < -0.39 is 0 Å². The van der Waals surface area contributed by atoms with Crippen molar-refractivity contribution >= 4 is 5.97 Å². The number of rotatable bonds is 3. The molecule has 0 aromatic rings. The van der Waals surface area contributed by atoms with Crippen LogP contribution in [0.25, 0.3) is 0 Å². The lowest BCUT2D eigenvalue weighted by atomic mass is 9.54. The Labute approximate surface area is 91.4 Å². The second-order valence-electron chi connectivity index (χ2n) is 5.20. The van der Waals surface area contributed by atoms with Gasteiger partial charge in [0, 0.05) is 0 Å². The minimum atomic E-state index is -0.146. The third-order valence-electron chi connectivity index (χ3n) is 4.54. The van der Waals surface area contributed by atoms with Gasteiger partial charge in [-0.15, -0.1) is 0 Å². The topological polar surface area (TPSA) is 52.3 Å². The van der Waals surface area contributed by atoms with E-state index in [1.807, 2.05) is 6.92 Å². The van der Waals surface area contributed by atoms with Crippen molar-refractivity contribution in [2.24, 2.45) is 16.6 Å². The zero-order chi connectivity index (χ0) is 10.9. The van der Waals surface area contributed by atoms with Crippen molar-refractivity contribution < 1.29 is 9.53 Å². The molecule has 0 radical (unpaired) electrons. The first-order chi connectivity index (χ1) is 7.16. The molecular formula is C12H21NO2. The van der Waals surface area contributed by atoms with Crippen LogP contribution in [0.5, 0.6) is 0 Å². The van der Waals surface area contributed by atoms with Gasteiger partial charge in [-0.05, 0) is 57.4 Å². The molecular weight excluding hydrogens is 190 g/mol. The molecule has 0 aromatic heterocycles.